The Morgan fingerprint density at radius 2 is 2.12 bits per heavy atom. The summed E-state index contributed by atoms with van der Waals surface area (Å²) in [5, 5.41) is 0. The fourth-order valence-electron chi connectivity index (χ4n) is 2.07. The quantitative estimate of drug-likeness (QED) is 0.744. The molecular weight excluding hydrogens is 231 g/mol. The molecule has 0 atom stereocenters. The summed E-state index contributed by atoms with van der Waals surface area (Å²) in [6, 6.07) is 4.87. The number of fused-ring (bicyclic) bond motifs is 1. The second-order valence-corrected chi connectivity index (χ2v) is 4.19. The number of nitrogens with zero attached hydrogens (tertiary/aromatic N) is 1. The van der Waals surface area contributed by atoms with Crippen LogP contribution in [0.3, 0.4) is 0 Å². The minimum atomic E-state index is -4.19. The van der Waals surface area contributed by atoms with Crippen molar-refractivity contribution in [1.82, 2.24) is 0 Å². The number of benzene rings is 1. The van der Waals surface area contributed by atoms with Gasteiger partial charge >= 0.3 is 6.18 Å². The van der Waals surface area contributed by atoms with Crippen LogP contribution in [0, 0.1) is 0 Å². The molecule has 0 fully saturated rings. The molecule has 1 aromatic rings. The van der Waals surface area contributed by atoms with Crippen LogP contribution in [0.5, 0.6) is 0 Å². The first-order chi connectivity index (χ1) is 7.87. The molecule has 0 saturated carbocycles. The zero-order valence-electron chi connectivity index (χ0n) is 9.34. The Hall–Kier alpha value is -1.52. The van der Waals surface area contributed by atoms with Gasteiger partial charge in [-0.15, -0.1) is 0 Å². The third-order valence-electron chi connectivity index (χ3n) is 2.85. The summed E-state index contributed by atoms with van der Waals surface area (Å²) in [4.78, 5) is 12.5. The monoisotopic (exact) mass is 243 g/mol. The lowest BCUT2D eigenvalue weighted by Crippen LogP contribution is -2.32. The van der Waals surface area contributed by atoms with Gasteiger partial charge in [-0.3, -0.25) is 4.79 Å². The predicted molar refractivity (Wildman–Crippen MR) is 58.4 cm³/mol. The average molecular weight is 243 g/mol. The van der Waals surface area contributed by atoms with Gasteiger partial charge in [-0.2, -0.15) is 13.2 Å². The summed E-state index contributed by atoms with van der Waals surface area (Å²) in [5.74, 6) is -0.0675. The van der Waals surface area contributed by atoms with Gasteiger partial charge in [0.25, 0.3) is 0 Å². The Morgan fingerprint density at radius 1 is 1.41 bits per heavy atom. The summed E-state index contributed by atoms with van der Waals surface area (Å²) in [7, 11) is 0. The van der Waals surface area contributed by atoms with Crippen LogP contribution in [0.2, 0.25) is 0 Å². The van der Waals surface area contributed by atoms with Gasteiger partial charge in [0, 0.05) is 17.8 Å². The molecule has 2 nitrogen and oxygen atoms in total. The minimum Gasteiger partial charge on any atom is -0.362 e. The Morgan fingerprint density at radius 3 is 2.71 bits per heavy atom. The van der Waals surface area contributed by atoms with Crippen LogP contribution in [0.4, 0.5) is 18.9 Å². The summed E-state index contributed by atoms with van der Waals surface area (Å²) in [5.41, 5.74) is 1.96. The Kier molecular flexibility index (Phi) is 2.85. The second-order valence-electron chi connectivity index (χ2n) is 4.19. The Balaban J connectivity index is 2.25. The highest BCUT2D eigenvalue weighted by atomic mass is 19.4. The highest BCUT2D eigenvalue weighted by Gasteiger charge is 2.33. The summed E-state index contributed by atoms with van der Waals surface area (Å²) in [6.07, 6.45) is -3.63. The lowest BCUT2D eigenvalue weighted by Gasteiger charge is -2.20. The van der Waals surface area contributed by atoms with Crippen LogP contribution in [-0.2, 0) is 6.42 Å². The van der Waals surface area contributed by atoms with Crippen LogP contribution in [0.25, 0.3) is 0 Å². The fourth-order valence-corrected chi connectivity index (χ4v) is 2.07. The summed E-state index contributed by atoms with van der Waals surface area (Å²) < 4.78 is 36.9. The third-order valence-corrected chi connectivity index (χ3v) is 2.85. The van der Waals surface area contributed by atoms with E-state index in [1.165, 1.54) is 11.8 Å². The summed E-state index contributed by atoms with van der Waals surface area (Å²) >= 11 is 0. The van der Waals surface area contributed by atoms with Crippen LogP contribution in [0.15, 0.2) is 18.2 Å². The first-order valence-corrected chi connectivity index (χ1v) is 5.32. The van der Waals surface area contributed by atoms with Gasteiger partial charge in [0.05, 0.1) is 0 Å². The van der Waals surface area contributed by atoms with Crippen molar-refractivity contribution < 1.29 is 18.0 Å². The number of rotatable bonds is 2. The van der Waals surface area contributed by atoms with Gasteiger partial charge in [0.1, 0.15) is 6.54 Å². The maximum absolute atomic E-state index is 12.3. The number of alkyl halides is 3. The van der Waals surface area contributed by atoms with Crippen molar-refractivity contribution in [2.75, 3.05) is 18.0 Å². The normalized spacial score (nSPS) is 14.9. The number of carbonyl (C=O) groups is 1. The van der Waals surface area contributed by atoms with Crippen LogP contribution >= 0.6 is 0 Å². The van der Waals surface area contributed by atoms with Gasteiger partial charge in [0.15, 0.2) is 5.78 Å². The molecule has 1 aliphatic rings. The number of anilines is 1. The van der Waals surface area contributed by atoms with Crippen molar-refractivity contribution in [3.63, 3.8) is 0 Å². The topological polar surface area (TPSA) is 20.3 Å². The largest absolute Gasteiger partial charge is 0.405 e. The van der Waals surface area contributed by atoms with Crippen LogP contribution in [-0.4, -0.2) is 25.0 Å². The molecule has 0 radical (unpaired) electrons. The van der Waals surface area contributed by atoms with Gasteiger partial charge in [0.2, 0.25) is 0 Å². The highest BCUT2D eigenvalue weighted by molar-refractivity contribution is 5.94. The number of hydrogen-bond donors (Lipinski definition) is 0. The molecule has 0 saturated heterocycles. The smallest absolute Gasteiger partial charge is 0.362 e. The van der Waals surface area contributed by atoms with Crippen molar-refractivity contribution >= 4 is 11.5 Å². The number of Topliss-reactive ketones (excluding diaryl/α,β-unsaturated/α-hetero) is 1. The summed E-state index contributed by atoms with van der Waals surface area (Å²) in [6.45, 7) is 0.875. The standard InChI is InChI=1S/C12H12F3NO/c1-8(17)9-2-3-11-10(6-9)4-5-16(11)7-12(13,14)15/h2-3,6H,4-5,7H2,1H3. The van der Waals surface area contributed by atoms with Crippen molar-refractivity contribution in [2.24, 2.45) is 0 Å². The zero-order valence-corrected chi connectivity index (χ0v) is 9.34. The van der Waals surface area contributed by atoms with E-state index < -0.39 is 12.7 Å². The van der Waals surface area contributed by atoms with Crippen LogP contribution in [0.1, 0.15) is 22.8 Å². The highest BCUT2D eigenvalue weighted by Crippen LogP contribution is 2.31. The lowest BCUT2D eigenvalue weighted by atomic mass is 10.1. The maximum Gasteiger partial charge on any atom is 0.405 e. The molecule has 1 aromatic carbocycles. The lowest BCUT2D eigenvalue weighted by molar-refractivity contribution is -0.119. The first kappa shape index (κ1) is 12.0. The molecule has 0 amide bonds. The third kappa shape index (κ3) is 2.60. The van der Waals surface area contributed by atoms with E-state index in [1.54, 1.807) is 18.2 Å². The number of carbonyl (C=O) groups excluding carboxylic acids is 1. The van der Waals surface area contributed by atoms with E-state index in [-0.39, 0.29) is 5.78 Å². The fraction of sp³-hybridized carbons (Fsp3) is 0.417. The van der Waals surface area contributed by atoms with Crippen molar-refractivity contribution in [1.29, 1.82) is 0 Å². The molecule has 0 unspecified atom stereocenters. The molecule has 5 heteroatoms. The molecule has 17 heavy (non-hydrogen) atoms. The first-order valence-electron chi connectivity index (χ1n) is 5.32. The van der Waals surface area contributed by atoms with E-state index in [0.29, 0.717) is 24.2 Å². The molecule has 0 bridgehead atoms. The molecular formula is C12H12F3NO. The van der Waals surface area contributed by atoms with E-state index in [9.17, 15) is 18.0 Å². The van der Waals surface area contributed by atoms with Gasteiger partial charge in [-0.05, 0) is 37.1 Å². The molecule has 92 valence electrons. The van der Waals surface area contributed by atoms with Gasteiger partial charge in [-0.25, -0.2) is 0 Å². The van der Waals surface area contributed by atoms with E-state index in [4.69, 9.17) is 0 Å². The molecule has 1 aliphatic heterocycles. The molecule has 0 aliphatic carbocycles. The number of halogens is 3. The van der Waals surface area contributed by atoms with E-state index in [0.717, 1.165) is 5.56 Å². The number of ketones is 1. The minimum absolute atomic E-state index is 0.0675. The number of hydrogen-bond acceptors (Lipinski definition) is 2. The molecule has 1 heterocycles. The second kappa shape index (κ2) is 4.05. The Labute approximate surface area is 97.0 Å². The Bertz CT molecular complexity index is 454. The zero-order chi connectivity index (χ0) is 12.6. The van der Waals surface area contributed by atoms with E-state index in [1.807, 2.05) is 0 Å². The predicted octanol–water partition coefficient (Wildman–Crippen LogP) is 2.81. The van der Waals surface area contributed by atoms with Crippen molar-refractivity contribution in [3.05, 3.63) is 29.3 Å². The van der Waals surface area contributed by atoms with Gasteiger partial charge < -0.3 is 4.90 Å². The molecule has 2 rings (SSSR count). The van der Waals surface area contributed by atoms with E-state index in [2.05, 4.69) is 0 Å². The SMILES string of the molecule is CC(=O)c1ccc2c(c1)CCN2CC(F)(F)F. The van der Waals surface area contributed by atoms with Crippen LogP contribution < -0.4 is 4.90 Å². The molecule has 0 aromatic heterocycles. The molecule has 0 spiro atoms. The van der Waals surface area contributed by atoms with Gasteiger partial charge in [-0.1, -0.05) is 0 Å². The maximum atomic E-state index is 12.3. The van der Waals surface area contributed by atoms with Crippen molar-refractivity contribution in [3.8, 4) is 0 Å². The molecule has 0 N–H and O–H groups in total. The van der Waals surface area contributed by atoms with Crippen molar-refractivity contribution in [2.45, 2.75) is 19.5 Å². The average Bonchev–Trinajstić information content (AvgIpc) is 2.58. The van der Waals surface area contributed by atoms with E-state index >= 15 is 0 Å².